The van der Waals surface area contributed by atoms with Gasteiger partial charge in [-0.1, -0.05) is 11.6 Å². The van der Waals surface area contributed by atoms with E-state index in [1.807, 2.05) is 0 Å². The lowest BCUT2D eigenvalue weighted by Crippen LogP contribution is -2.37. The van der Waals surface area contributed by atoms with Crippen LogP contribution in [0.2, 0.25) is 5.02 Å². The van der Waals surface area contributed by atoms with Crippen molar-refractivity contribution in [2.24, 2.45) is 5.92 Å². The summed E-state index contributed by atoms with van der Waals surface area (Å²) >= 11 is 5.82. The number of nitrogens with one attached hydrogen (secondary N) is 4. The van der Waals surface area contributed by atoms with Crippen LogP contribution in [0.3, 0.4) is 0 Å². The molecule has 27 heavy (non-hydrogen) atoms. The van der Waals surface area contributed by atoms with Gasteiger partial charge in [0, 0.05) is 28.6 Å². The molecule has 1 atom stereocenters. The van der Waals surface area contributed by atoms with Crippen LogP contribution in [0.4, 0.5) is 21.9 Å². The number of amides is 3. The average molecular weight is 409 g/mol. The van der Waals surface area contributed by atoms with Crippen molar-refractivity contribution in [2.45, 2.75) is 12.8 Å². The van der Waals surface area contributed by atoms with E-state index >= 15 is 0 Å². The van der Waals surface area contributed by atoms with Gasteiger partial charge in [0.25, 0.3) is 0 Å². The maximum absolute atomic E-state index is 12.2. The second-order valence-electron chi connectivity index (χ2n) is 6.20. The summed E-state index contributed by atoms with van der Waals surface area (Å²) in [6.07, 6.45) is 1.92. The van der Waals surface area contributed by atoms with Crippen molar-refractivity contribution in [1.29, 1.82) is 0 Å². The van der Waals surface area contributed by atoms with E-state index in [4.69, 9.17) is 11.6 Å². The number of urea groups is 1. The Morgan fingerprint density at radius 2 is 1.41 bits per heavy atom. The molecule has 1 aliphatic rings. The fourth-order valence-electron chi connectivity index (χ4n) is 2.78. The number of hydrogen-bond acceptors (Lipinski definition) is 3. The summed E-state index contributed by atoms with van der Waals surface area (Å²) in [6, 6.07) is 13.5. The van der Waals surface area contributed by atoms with E-state index in [0.29, 0.717) is 22.1 Å². The number of carbonyl (C=O) groups is 2. The van der Waals surface area contributed by atoms with Crippen LogP contribution in [0.5, 0.6) is 0 Å². The summed E-state index contributed by atoms with van der Waals surface area (Å²) in [5.41, 5.74) is 2.00. The van der Waals surface area contributed by atoms with Gasteiger partial charge in [-0.15, -0.1) is 12.4 Å². The Hall–Kier alpha value is -2.28. The zero-order chi connectivity index (χ0) is 18.4. The van der Waals surface area contributed by atoms with Gasteiger partial charge >= 0.3 is 6.03 Å². The van der Waals surface area contributed by atoms with Crippen LogP contribution in [-0.4, -0.2) is 25.0 Å². The molecule has 1 heterocycles. The predicted molar refractivity (Wildman–Crippen MR) is 112 cm³/mol. The Bertz CT molecular complexity index is 760. The van der Waals surface area contributed by atoms with Crippen molar-refractivity contribution < 1.29 is 9.59 Å². The summed E-state index contributed by atoms with van der Waals surface area (Å²) in [4.78, 5) is 24.2. The number of carbonyl (C=O) groups excluding carboxylic acids is 2. The normalized spacial score (nSPS) is 16.0. The monoisotopic (exact) mass is 408 g/mol. The molecule has 6 nitrogen and oxygen atoms in total. The lowest BCUT2D eigenvalue weighted by atomic mass is 9.99. The van der Waals surface area contributed by atoms with E-state index in [1.165, 1.54) is 0 Å². The van der Waals surface area contributed by atoms with Gasteiger partial charge in [-0.05, 0) is 67.9 Å². The van der Waals surface area contributed by atoms with E-state index in [0.717, 1.165) is 25.9 Å². The van der Waals surface area contributed by atoms with Crippen LogP contribution < -0.4 is 21.3 Å². The molecule has 3 amide bonds. The molecule has 0 spiro atoms. The molecule has 2 aromatic rings. The molecule has 0 radical (unpaired) electrons. The zero-order valence-corrected chi connectivity index (χ0v) is 16.2. The average Bonchev–Trinajstić information content (AvgIpc) is 2.66. The van der Waals surface area contributed by atoms with E-state index in [2.05, 4.69) is 21.3 Å². The highest BCUT2D eigenvalue weighted by Gasteiger charge is 2.20. The molecule has 0 aliphatic carbocycles. The van der Waals surface area contributed by atoms with Gasteiger partial charge in [0.05, 0.1) is 5.92 Å². The zero-order valence-electron chi connectivity index (χ0n) is 14.6. The largest absolute Gasteiger partial charge is 0.326 e. The molecule has 2 aromatic carbocycles. The van der Waals surface area contributed by atoms with Crippen LogP contribution in [0, 0.1) is 5.92 Å². The van der Waals surface area contributed by atoms with Gasteiger partial charge in [-0.25, -0.2) is 4.79 Å². The van der Waals surface area contributed by atoms with E-state index in [-0.39, 0.29) is 30.3 Å². The highest BCUT2D eigenvalue weighted by atomic mass is 35.5. The second-order valence-corrected chi connectivity index (χ2v) is 6.63. The smallest absolute Gasteiger partial charge is 0.323 e. The number of anilines is 3. The Kier molecular flexibility index (Phi) is 7.91. The van der Waals surface area contributed by atoms with E-state index in [1.54, 1.807) is 48.5 Å². The third kappa shape index (κ3) is 6.43. The summed E-state index contributed by atoms with van der Waals surface area (Å²) in [5, 5.41) is 12.2. The topological polar surface area (TPSA) is 82.3 Å². The molecule has 144 valence electrons. The van der Waals surface area contributed by atoms with Gasteiger partial charge in [0.1, 0.15) is 0 Å². The molecule has 4 N–H and O–H groups in total. The van der Waals surface area contributed by atoms with Crippen LogP contribution in [0.1, 0.15) is 12.8 Å². The highest BCUT2D eigenvalue weighted by Crippen LogP contribution is 2.18. The lowest BCUT2D eigenvalue weighted by Gasteiger charge is -2.21. The third-order valence-electron chi connectivity index (χ3n) is 4.18. The van der Waals surface area contributed by atoms with E-state index in [9.17, 15) is 9.59 Å². The van der Waals surface area contributed by atoms with E-state index < -0.39 is 0 Å². The first kappa shape index (κ1) is 21.0. The molecular weight excluding hydrogens is 387 g/mol. The molecule has 1 saturated heterocycles. The first-order valence-corrected chi connectivity index (χ1v) is 8.93. The van der Waals surface area contributed by atoms with Crippen molar-refractivity contribution in [3.63, 3.8) is 0 Å². The summed E-state index contributed by atoms with van der Waals surface area (Å²) in [5.74, 6) is 0.0325. The minimum Gasteiger partial charge on any atom is -0.326 e. The quantitative estimate of drug-likeness (QED) is 0.606. The van der Waals surface area contributed by atoms with Crippen LogP contribution >= 0.6 is 24.0 Å². The standard InChI is InChI=1S/C19H21ClN4O2.ClH/c20-14-3-5-16(6-4-14)23-19(26)24-17-9-7-15(8-10-17)22-18(25)13-2-1-11-21-12-13;/h3-10,13,21H,1-2,11-12H2,(H,22,25)(H2,23,24,26);1H. The van der Waals surface area contributed by atoms with Gasteiger partial charge in [-0.3, -0.25) is 4.79 Å². The Morgan fingerprint density at radius 1 is 0.889 bits per heavy atom. The van der Waals surface area contributed by atoms with Gasteiger partial charge < -0.3 is 21.3 Å². The number of piperidine rings is 1. The Labute approximate surface area is 169 Å². The van der Waals surface area contributed by atoms with Gasteiger partial charge in [-0.2, -0.15) is 0 Å². The summed E-state index contributed by atoms with van der Waals surface area (Å²) < 4.78 is 0. The lowest BCUT2D eigenvalue weighted by molar-refractivity contribution is -0.120. The summed E-state index contributed by atoms with van der Waals surface area (Å²) in [6.45, 7) is 1.69. The number of hydrogen-bond donors (Lipinski definition) is 4. The Morgan fingerprint density at radius 3 is 1.93 bits per heavy atom. The summed E-state index contributed by atoms with van der Waals surface area (Å²) in [7, 11) is 0. The highest BCUT2D eigenvalue weighted by molar-refractivity contribution is 6.30. The first-order valence-electron chi connectivity index (χ1n) is 8.55. The van der Waals surface area contributed by atoms with Crippen LogP contribution in [0.15, 0.2) is 48.5 Å². The van der Waals surface area contributed by atoms with Crippen molar-refractivity contribution in [2.75, 3.05) is 29.0 Å². The van der Waals surface area contributed by atoms with Crippen molar-refractivity contribution in [3.05, 3.63) is 53.6 Å². The van der Waals surface area contributed by atoms with Crippen molar-refractivity contribution in [1.82, 2.24) is 5.32 Å². The van der Waals surface area contributed by atoms with Crippen molar-refractivity contribution in [3.8, 4) is 0 Å². The number of benzene rings is 2. The van der Waals surface area contributed by atoms with Gasteiger partial charge in [0.2, 0.25) is 5.91 Å². The molecule has 0 bridgehead atoms. The first-order chi connectivity index (χ1) is 12.6. The second kappa shape index (κ2) is 10.2. The fourth-order valence-corrected chi connectivity index (χ4v) is 2.91. The third-order valence-corrected chi connectivity index (χ3v) is 4.43. The molecule has 0 saturated carbocycles. The maximum Gasteiger partial charge on any atom is 0.323 e. The number of rotatable bonds is 4. The predicted octanol–water partition coefficient (Wildman–Crippen LogP) is 4.34. The molecule has 8 heteroatoms. The minimum atomic E-state index is -0.350. The molecule has 1 fully saturated rings. The molecular formula is C19H22Cl2N4O2. The molecule has 0 aromatic heterocycles. The number of halogens is 2. The molecule has 1 aliphatic heterocycles. The maximum atomic E-state index is 12.2. The van der Waals surface area contributed by atoms with Crippen molar-refractivity contribution >= 4 is 53.0 Å². The van der Waals surface area contributed by atoms with Crippen LogP contribution in [0.25, 0.3) is 0 Å². The fraction of sp³-hybridized carbons (Fsp3) is 0.263. The van der Waals surface area contributed by atoms with Gasteiger partial charge in [0.15, 0.2) is 0 Å². The SMILES string of the molecule is Cl.O=C(Nc1ccc(Cl)cc1)Nc1ccc(NC(=O)C2CCCNC2)cc1. The molecule has 1 unspecified atom stereocenters. The van der Waals surface area contributed by atoms with Crippen LogP contribution in [-0.2, 0) is 4.79 Å². The minimum absolute atomic E-state index is 0. The molecule has 3 rings (SSSR count). The Balaban J connectivity index is 0.00000261.